The summed E-state index contributed by atoms with van der Waals surface area (Å²) in [6.45, 7) is 0.122. The molecule has 2 aromatic heterocycles. The van der Waals surface area contributed by atoms with Crippen molar-refractivity contribution >= 4 is 40.6 Å². The Morgan fingerprint density at radius 3 is 2.30 bits per heavy atom. The number of methoxy groups -OCH3 is 3. The van der Waals surface area contributed by atoms with Gasteiger partial charge in [-0.2, -0.15) is 5.10 Å². The zero-order valence-electron chi connectivity index (χ0n) is 26.0. The van der Waals surface area contributed by atoms with E-state index in [-0.39, 0.29) is 30.2 Å². The van der Waals surface area contributed by atoms with Gasteiger partial charge in [-0.25, -0.2) is 5.01 Å². The third kappa shape index (κ3) is 7.00. The van der Waals surface area contributed by atoms with E-state index in [2.05, 4.69) is 15.5 Å². The summed E-state index contributed by atoms with van der Waals surface area (Å²) >= 11 is 2.60. The maximum absolute atomic E-state index is 13.9. The Kier molecular flexibility index (Phi) is 9.83. The Balaban J connectivity index is 1.27. The van der Waals surface area contributed by atoms with Gasteiger partial charge in [0.1, 0.15) is 17.2 Å². The van der Waals surface area contributed by atoms with Crippen molar-refractivity contribution in [3.05, 3.63) is 112 Å². The van der Waals surface area contributed by atoms with Crippen LogP contribution in [0.3, 0.4) is 0 Å². The molecule has 1 aliphatic heterocycles. The number of para-hydroxylation sites is 2. The Labute approximate surface area is 280 Å². The number of hydrazone groups is 1. The highest BCUT2D eigenvalue weighted by molar-refractivity contribution is 7.99. The fourth-order valence-electron chi connectivity index (χ4n) is 5.20. The molecule has 11 nitrogen and oxygen atoms in total. The Morgan fingerprint density at radius 1 is 0.894 bits per heavy atom. The molecule has 1 unspecified atom stereocenters. The summed E-state index contributed by atoms with van der Waals surface area (Å²) in [7, 11) is 4.83. The lowest BCUT2D eigenvalue weighted by Gasteiger charge is -2.22. The number of nitrogens with zero attached hydrogens (tertiary/aromatic N) is 5. The number of thioether (sulfide) groups is 1. The van der Waals surface area contributed by atoms with Crippen LogP contribution >= 0.6 is 23.1 Å². The molecule has 0 saturated heterocycles. The van der Waals surface area contributed by atoms with Crippen LogP contribution in [0, 0.1) is 0 Å². The lowest BCUT2D eigenvalue weighted by Crippen LogP contribution is -2.28. The maximum Gasteiger partial charge on any atom is 0.261 e. The predicted octanol–water partition coefficient (Wildman–Crippen LogP) is 5.75. The smallest absolute Gasteiger partial charge is 0.261 e. The highest BCUT2D eigenvalue weighted by Crippen LogP contribution is 2.35. The minimum absolute atomic E-state index is 0.0425. The number of thiophene rings is 1. The molecule has 13 heteroatoms. The third-order valence-corrected chi connectivity index (χ3v) is 9.38. The number of benzene rings is 3. The van der Waals surface area contributed by atoms with E-state index in [4.69, 9.17) is 19.3 Å². The van der Waals surface area contributed by atoms with Crippen LogP contribution in [0.25, 0.3) is 5.69 Å². The molecule has 0 fully saturated rings. The number of carbonyl (C=O) groups is 2. The van der Waals surface area contributed by atoms with Crippen LogP contribution in [0.1, 0.15) is 39.1 Å². The Morgan fingerprint density at radius 2 is 1.62 bits per heavy atom. The van der Waals surface area contributed by atoms with Crippen molar-refractivity contribution in [2.75, 3.05) is 27.1 Å². The van der Waals surface area contributed by atoms with E-state index < -0.39 is 0 Å². The van der Waals surface area contributed by atoms with E-state index in [1.807, 2.05) is 88.8 Å². The SMILES string of the molecule is COc1ccc(C2=NN(C(=O)CSc3nnc(CNC(=O)c4cccs4)n3-c3ccccc3OC)C(c3ccc(OC)cc3)C2)cc1. The summed E-state index contributed by atoms with van der Waals surface area (Å²) in [5.41, 5.74) is 3.34. The van der Waals surface area contributed by atoms with Crippen molar-refractivity contribution in [2.45, 2.75) is 24.2 Å². The van der Waals surface area contributed by atoms with Crippen LogP contribution < -0.4 is 19.5 Å². The van der Waals surface area contributed by atoms with Gasteiger partial charge in [-0.15, -0.1) is 21.5 Å². The fraction of sp³-hybridized carbons (Fsp3) is 0.206. The summed E-state index contributed by atoms with van der Waals surface area (Å²) in [4.78, 5) is 27.2. The second kappa shape index (κ2) is 14.5. The van der Waals surface area contributed by atoms with Gasteiger partial charge in [0.25, 0.3) is 11.8 Å². The molecule has 2 amide bonds. The molecule has 0 aliphatic carbocycles. The highest BCUT2D eigenvalue weighted by atomic mass is 32.2. The second-order valence-corrected chi connectivity index (χ2v) is 12.3. The first-order valence-electron chi connectivity index (χ1n) is 14.7. The minimum atomic E-state index is -0.304. The second-order valence-electron chi connectivity index (χ2n) is 10.4. The first-order chi connectivity index (χ1) is 23.0. The number of carbonyl (C=O) groups excluding carboxylic acids is 2. The van der Waals surface area contributed by atoms with Crippen LogP contribution in [0.5, 0.6) is 17.2 Å². The van der Waals surface area contributed by atoms with Crippen molar-refractivity contribution < 1.29 is 23.8 Å². The van der Waals surface area contributed by atoms with E-state index >= 15 is 0 Å². The number of nitrogens with one attached hydrogen (secondary N) is 1. The zero-order valence-corrected chi connectivity index (χ0v) is 27.6. The van der Waals surface area contributed by atoms with Gasteiger partial charge in [-0.3, -0.25) is 14.2 Å². The lowest BCUT2D eigenvalue weighted by atomic mass is 9.98. The first kappa shape index (κ1) is 31.8. The molecule has 5 aromatic rings. The van der Waals surface area contributed by atoms with Crippen molar-refractivity contribution in [3.8, 4) is 22.9 Å². The minimum Gasteiger partial charge on any atom is -0.497 e. The normalized spacial score (nSPS) is 14.1. The standard InChI is InChI=1S/C34H32N6O5S2/c1-43-24-14-10-22(11-15-24)26-19-28(23-12-16-25(44-2)17-13-23)40(38-26)32(41)21-47-34-37-36-31(20-35-33(42)30-9-6-18-46-30)39(34)27-7-4-5-8-29(27)45-3/h4-18,28H,19-21H2,1-3H3,(H,35,42). The molecule has 1 aliphatic rings. The predicted molar refractivity (Wildman–Crippen MR) is 181 cm³/mol. The van der Waals surface area contributed by atoms with Gasteiger partial charge in [0, 0.05) is 6.42 Å². The lowest BCUT2D eigenvalue weighted by molar-refractivity contribution is -0.130. The molecular formula is C34H32N6O5S2. The van der Waals surface area contributed by atoms with Crippen molar-refractivity contribution in [2.24, 2.45) is 5.10 Å². The third-order valence-electron chi connectivity index (χ3n) is 7.59. The quantitative estimate of drug-likeness (QED) is 0.167. The van der Waals surface area contributed by atoms with Gasteiger partial charge in [0.15, 0.2) is 11.0 Å². The van der Waals surface area contributed by atoms with Gasteiger partial charge in [0.2, 0.25) is 0 Å². The molecule has 0 bridgehead atoms. The van der Waals surface area contributed by atoms with Crippen molar-refractivity contribution in [3.63, 3.8) is 0 Å². The average Bonchev–Trinajstić information content (AvgIpc) is 3.90. The van der Waals surface area contributed by atoms with E-state index in [9.17, 15) is 9.59 Å². The van der Waals surface area contributed by atoms with E-state index in [1.54, 1.807) is 32.4 Å². The molecule has 0 saturated carbocycles. The van der Waals surface area contributed by atoms with Crippen LogP contribution in [0.2, 0.25) is 0 Å². The summed E-state index contributed by atoms with van der Waals surface area (Å²) < 4.78 is 18.1. The van der Waals surface area contributed by atoms with Crippen LogP contribution in [-0.4, -0.2) is 64.4 Å². The fourth-order valence-corrected chi connectivity index (χ4v) is 6.65. The Bertz CT molecular complexity index is 1870. The molecule has 1 atom stereocenters. The highest BCUT2D eigenvalue weighted by Gasteiger charge is 2.33. The number of hydrogen-bond acceptors (Lipinski definition) is 10. The number of amides is 2. The summed E-state index contributed by atoms with van der Waals surface area (Å²) in [5.74, 6) is 2.21. The first-order valence-corrected chi connectivity index (χ1v) is 16.6. The van der Waals surface area contributed by atoms with E-state index in [0.717, 1.165) is 28.3 Å². The topological polar surface area (TPSA) is 120 Å². The van der Waals surface area contributed by atoms with E-state index in [0.29, 0.717) is 33.7 Å². The number of aromatic nitrogens is 3. The molecule has 3 aromatic carbocycles. The van der Waals surface area contributed by atoms with Gasteiger partial charge >= 0.3 is 0 Å². The molecule has 0 radical (unpaired) electrons. The van der Waals surface area contributed by atoms with E-state index in [1.165, 1.54) is 23.1 Å². The van der Waals surface area contributed by atoms with Gasteiger partial charge in [-0.05, 0) is 71.1 Å². The van der Waals surface area contributed by atoms with Crippen molar-refractivity contribution in [1.82, 2.24) is 25.1 Å². The Hall–Kier alpha value is -5.14. The van der Waals surface area contributed by atoms with Crippen LogP contribution in [0.4, 0.5) is 0 Å². The van der Waals surface area contributed by atoms with Crippen LogP contribution in [0.15, 0.2) is 101 Å². The number of hydrogen-bond donors (Lipinski definition) is 1. The average molecular weight is 669 g/mol. The molecule has 3 heterocycles. The molecule has 47 heavy (non-hydrogen) atoms. The van der Waals surface area contributed by atoms with Gasteiger partial charge in [0.05, 0.1) is 55.9 Å². The van der Waals surface area contributed by atoms with Crippen LogP contribution in [-0.2, 0) is 11.3 Å². The zero-order chi connectivity index (χ0) is 32.8. The molecule has 0 spiro atoms. The molecule has 6 rings (SSSR count). The number of ether oxygens (including phenoxy) is 3. The number of rotatable bonds is 12. The van der Waals surface area contributed by atoms with Crippen molar-refractivity contribution in [1.29, 1.82) is 0 Å². The summed E-state index contributed by atoms with van der Waals surface area (Å²) in [6, 6.07) is 26.1. The molecular weight excluding hydrogens is 637 g/mol. The largest absolute Gasteiger partial charge is 0.497 e. The molecule has 1 N–H and O–H groups in total. The monoisotopic (exact) mass is 668 g/mol. The molecule has 240 valence electrons. The van der Waals surface area contributed by atoms with Gasteiger partial charge in [-0.1, -0.05) is 42.1 Å². The maximum atomic E-state index is 13.9. The summed E-state index contributed by atoms with van der Waals surface area (Å²) in [5, 5.41) is 20.4. The van der Waals surface area contributed by atoms with Gasteiger partial charge < -0.3 is 19.5 Å². The summed E-state index contributed by atoms with van der Waals surface area (Å²) in [6.07, 6.45) is 0.542.